The number of amides is 2. The maximum atomic E-state index is 12.9. The summed E-state index contributed by atoms with van der Waals surface area (Å²) in [6, 6.07) is -2.65. The van der Waals surface area contributed by atoms with Crippen molar-refractivity contribution in [2.24, 2.45) is 10.9 Å². The number of carboxylic acids is 1. The molecule has 0 radical (unpaired) electrons. The van der Waals surface area contributed by atoms with Crippen LogP contribution in [0.4, 0.5) is 5.13 Å². The van der Waals surface area contributed by atoms with Crippen LogP contribution < -0.4 is 16.8 Å². The molecule has 2 aromatic rings. The van der Waals surface area contributed by atoms with Crippen LogP contribution in [-0.2, 0) is 14.4 Å². The number of nitrogens with two attached hydrogens (primary N) is 2. The van der Waals surface area contributed by atoms with E-state index in [2.05, 4.69) is 25.7 Å². The van der Waals surface area contributed by atoms with Crippen molar-refractivity contribution >= 4 is 92.5 Å². The molecule has 4 heterocycles. The number of rotatable bonds is 10. The summed E-state index contributed by atoms with van der Waals surface area (Å²) in [6.45, 7) is 0.488. The van der Waals surface area contributed by atoms with Crippen LogP contribution in [0.3, 0.4) is 0 Å². The number of hydrogen-bond acceptors (Lipinski definition) is 15. The molecule has 2 aliphatic heterocycles. The van der Waals surface area contributed by atoms with Crippen molar-refractivity contribution in [2.45, 2.75) is 26.1 Å². The van der Waals surface area contributed by atoms with Gasteiger partial charge in [-0.05, 0) is 5.18 Å². The first-order valence-corrected chi connectivity index (χ1v) is 14.4. The summed E-state index contributed by atoms with van der Waals surface area (Å²) in [4.78, 5) is 54.3. The Kier molecular flexibility index (Phi) is 8.19. The quantitative estimate of drug-likeness (QED) is 0.175. The molecule has 1 unspecified atom stereocenters. The number of thiazole rings is 1. The number of aromatic nitrogens is 3. The van der Waals surface area contributed by atoms with E-state index in [-0.39, 0.29) is 26.6 Å². The van der Waals surface area contributed by atoms with Gasteiger partial charge in [-0.3, -0.25) is 14.5 Å². The third-order valence-corrected chi connectivity index (χ3v) is 10.4. The minimum atomic E-state index is -1.60. The molecule has 1 saturated heterocycles. The van der Waals surface area contributed by atoms with Gasteiger partial charge in [-0.2, -0.15) is 0 Å². The molecule has 186 valence electrons. The lowest BCUT2D eigenvalue weighted by Gasteiger charge is -2.49. The van der Waals surface area contributed by atoms with Gasteiger partial charge in [-0.1, -0.05) is 57.8 Å². The lowest BCUT2D eigenvalue weighted by molar-refractivity contribution is -0.150. The van der Waals surface area contributed by atoms with Crippen LogP contribution in [0.15, 0.2) is 24.5 Å². The van der Waals surface area contributed by atoms with Crippen LogP contribution in [0.25, 0.3) is 0 Å². The van der Waals surface area contributed by atoms with E-state index in [9.17, 15) is 24.4 Å². The average molecular weight is 595 g/mol. The highest BCUT2D eigenvalue weighted by Crippen LogP contribution is 2.46. The smallest absolute Gasteiger partial charge is 0.353 e. The van der Waals surface area contributed by atoms with Crippen LogP contribution >= 0.6 is 69.6 Å². The number of nitrogens with one attached hydrogen (secondary N) is 1. The number of carboxylic acid groups (broad SMARTS) is 1. The zero-order valence-electron chi connectivity index (χ0n) is 17.2. The van der Waals surface area contributed by atoms with Gasteiger partial charge in [-0.25, -0.2) is 9.78 Å². The number of hydrogen-bond donors (Lipinski definition) is 4. The van der Waals surface area contributed by atoms with E-state index in [0.717, 1.165) is 28.0 Å². The van der Waals surface area contributed by atoms with Crippen molar-refractivity contribution in [3.05, 3.63) is 25.5 Å². The van der Waals surface area contributed by atoms with Crippen molar-refractivity contribution in [2.75, 3.05) is 23.8 Å². The second-order valence-electron chi connectivity index (χ2n) is 6.77. The van der Waals surface area contributed by atoms with Gasteiger partial charge in [0, 0.05) is 23.0 Å². The van der Waals surface area contributed by atoms with Crippen LogP contribution in [0, 0.1) is 4.91 Å². The largest absolute Gasteiger partial charge is 0.477 e. The fraction of sp³-hybridized carbons (Fsp3) is 0.375. The van der Waals surface area contributed by atoms with Gasteiger partial charge < -0.3 is 21.9 Å². The number of carbonyl (C=O) groups is 3. The molecular weight excluding hydrogens is 580 g/mol. The Hall–Kier alpha value is -1.96. The number of nitrogens with zero attached hydrogens (tertiary/aromatic N) is 5. The molecule has 6 N–H and O–H groups in total. The van der Waals surface area contributed by atoms with E-state index in [1.54, 1.807) is 0 Å². The van der Waals surface area contributed by atoms with Crippen LogP contribution in [-0.4, -0.2) is 72.4 Å². The fourth-order valence-corrected chi connectivity index (χ4v) is 8.64. The highest BCUT2D eigenvalue weighted by atomic mass is 35.5. The van der Waals surface area contributed by atoms with Gasteiger partial charge in [0.2, 0.25) is 6.04 Å². The van der Waals surface area contributed by atoms with Crippen LogP contribution in [0.5, 0.6) is 0 Å². The number of nitrogen functional groups attached to an aromatic ring is 1. The van der Waals surface area contributed by atoms with Gasteiger partial charge >= 0.3 is 5.97 Å². The Labute approximate surface area is 222 Å². The molecule has 13 nitrogen and oxygen atoms in total. The summed E-state index contributed by atoms with van der Waals surface area (Å²) >= 11 is 12.0. The zero-order chi connectivity index (χ0) is 25.3. The molecule has 4 rings (SSSR count). The highest BCUT2D eigenvalue weighted by Gasteiger charge is 2.55. The number of anilines is 1. The van der Waals surface area contributed by atoms with Crippen molar-refractivity contribution in [1.29, 1.82) is 0 Å². The molecule has 2 amide bonds. The topological polar surface area (TPSA) is 207 Å². The van der Waals surface area contributed by atoms with Crippen molar-refractivity contribution in [3.8, 4) is 0 Å². The molecule has 0 bridgehead atoms. The van der Waals surface area contributed by atoms with Gasteiger partial charge in [-0.15, -0.1) is 26.9 Å². The summed E-state index contributed by atoms with van der Waals surface area (Å²) in [5.41, 5.74) is 10.8. The summed E-state index contributed by atoms with van der Waals surface area (Å²) < 4.78 is 1.28. The standard InChI is InChI=1S/C16H15ClN8O5S5/c17-9-5(21-14(19)34-9)6(24-30)10(26)20-7-11(27)25-8(13(28)29)4(3-32-12(7)25)33-16-23-22-15(35-16)31-2-1-18/h6-7,12H,1-3,18H2,(H2,19,21)(H,20,26)(H,28,29)/t6?,7-,12+/m1/s1. The zero-order valence-corrected chi connectivity index (χ0v) is 22.1. The lowest BCUT2D eigenvalue weighted by atomic mass is 10.0. The first-order chi connectivity index (χ1) is 16.7. The predicted octanol–water partition coefficient (Wildman–Crippen LogP) is 1.58. The number of nitroso groups, excluding NO2 is 1. The van der Waals surface area contributed by atoms with E-state index in [0.29, 0.717) is 25.9 Å². The average Bonchev–Trinajstić information content (AvgIpc) is 3.41. The molecular formula is C16H15ClN8O5S5. The number of fused-ring (bicyclic) bond motifs is 1. The second-order valence-corrected chi connectivity index (χ2v) is 13.2. The summed E-state index contributed by atoms with van der Waals surface area (Å²) in [5, 5.41) is 22.6. The van der Waals surface area contributed by atoms with Gasteiger partial charge in [0.15, 0.2) is 13.8 Å². The van der Waals surface area contributed by atoms with Crippen LogP contribution in [0.2, 0.25) is 4.34 Å². The third kappa shape index (κ3) is 5.27. The second kappa shape index (κ2) is 11.0. The first kappa shape index (κ1) is 26.1. The molecule has 2 aliphatic rings. The number of aliphatic carboxylic acids is 1. The SMILES string of the molecule is NCCSc1nnc(SC2=C(C(=O)O)N3C(=O)[C@@H](NC(=O)C(N=O)c4nc(N)sc4Cl)[C@@H]3SC2)s1. The maximum Gasteiger partial charge on any atom is 0.353 e. The van der Waals surface area contributed by atoms with Crippen molar-refractivity contribution in [1.82, 2.24) is 25.4 Å². The molecule has 35 heavy (non-hydrogen) atoms. The molecule has 3 atom stereocenters. The third-order valence-electron chi connectivity index (χ3n) is 4.61. The molecule has 2 aromatic heterocycles. The van der Waals surface area contributed by atoms with Gasteiger partial charge in [0.25, 0.3) is 11.8 Å². The Bertz CT molecular complexity index is 1220. The summed E-state index contributed by atoms with van der Waals surface area (Å²) in [6.07, 6.45) is 0. The minimum absolute atomic E-state index is 0.0369. The lowest BCUT2D eigenvalue weighted by Crippen LogP contribution is -2.70. The molecule has 19 heteroatoms. The van der Waals surface area contributed by atoms with E-state index in [1.165, 1.54) is 34.9 Å². The summed E-state index contributed by atoms with van der Waals surface area (Å²) in [5.74, 6) is -1.85. The highest BCUT2D eigenvalue weighted by molar-refractivity contribution is 8.07. The Morgan fingerprint density at radius 3 is 2.71 bits per heavy atom. The van der Waals surface area contributed by atoms with E-state index >= 15 is 0 Å². The molecule has 0 aliphatic carbocycles. The van der Waals surface area contributed by atoms with E-state index in [4.69, 9.17) is 23.1 Å². The molecule has 0 spiro atoms. The monoisotopic (exact) mass is 594 g/mol. The molecule has 1 fully saturated rings. The predicted molar refractivity (Wildman–Crippen MR) is 135 cm³/mol. The fourth-order valence-electron chi connectivity index (χ4n) is 3.17. The Balaban J connectivity index is 1.49. The number of halogens is 1. The number of carbonyl (C=O) groups excluding carboxylic acids is 2. The van der Waals surface area contributed by atoms with Crippen molar-refractivity contribution < 1.29 is 19.5 Å². The number of β-lactam (4-membered cyclic amide) rings is 1. The van der Waals surface area contributed by atoms with E-state index in [1.807, 2.05) is 0 Å². The molecule has 0 aromatic carbocycles. The minimum Gasteiger partial charge on any atom is -0.477 e. The Morgan fingerprint density at radius 1 is 1.34 bits per heavy atom. The van der Waals surface area contributed by atoms with Gasteiger partial charge in [0.1, 0.15) is 27.1 Å². The van der Waals surface area contributed by atoms with E-state index < -0.39 is 35.2 Å². The number of thioether (sulfide) groups is 3. The normalized spacial score (nSPS) is 20.3. The molecule has 0 saturated carbocycles. The van der Waals surface area contributed by atoms with Gasteiger partial charge in [0.05, 0.1) is 0 Å². The maximum absolute atomic E-state index is 12.9. The van der Waals surface area contributed by atoms with Crippen molar-refractivity contribution in [3.63, 3.8) is 0 Å². The van der Waals surface area contributed by atoms with Crippen LogP contribution in [0.1, 0.15) is 11.7 Å². The first-order valence-electron chi connectivity index (χ1n) is 9.55. The summed E-state index contributed by atoms with van der Waals surface area (Å²) in [7, 11) is 0. The Morgan fingerprint density at radius 2 is 2.09 bits per heavy atom.